The van der Waals surface area contributed by atoms with Gasteiger partial charge in [-0.25, -0.2) is 0 Å². The first-order valence-electron chi connectivity index (χ1n) is 11.4. The first-order chi connectivity index (χ1) is 16.0. The Kier molecular flexibility index (Phi) is 7.08. The quantitative estimate of drug-likeness (QED) is 0.574. The van der Waals surface area contributed by atoms with Crippen molar-refractivity contribution in [3.8, 4) is 16.9 Å². The number of ether oxygens (including phenoxy) is 1. The lowest BCUT2D eigenvalue weighted by molar-refractivity contribution is -0.133. The molecule has 0 aromatic heterocycles. The van der Waals surface area contributed by atoms with Crippen LogP contribution in [0.1, 0.15) is 27.9 Å². The van der Waals surface area contributed by atoms with Gasteiger partial charge in [-0.1, -0.05) is 54.6 Å². The Morgan fingerprint density at radius 1 is 0.758 bits per heavy atom. The van der Waals surface area contributed by atoms with Gasteiger partial charge < -0.3 is 14.5 Å². The molecule has 33 heavy (non-hydrogen) atoms. The predicted octanol–water partition coefficient (Wildman–Crippen LogP) is 4.72. The normalized spacial score (nSPS) is 14.0. The lowest BCUT2D eigenvalue weighted by atomic mass is 10.0. The number of carbonyl (C=O) groups is 2. The smallest absolute Gasteiger partial charge is 0.260 e. The molecule has 1 saturated heterocycles. The van der Waals surface area contributed by atoms with Gasteiger partial charge >= 0.3 is 0 Å². The van der Waals surface area contributed by atoms with Crippen molar-refractivity contribution in [1.82, 2.24) is 9.80 Å². The Bertz CT molecular complexity index is 1110. The van der Waals surface area contributed by atoms with Gasteiger partial charge in [0.05, 0.1) is 0 Å². The lowest BCUT2D eigenvalue weighted by Crippen LogP contribution is -2.39. The molecule has 0 saturated carbocycles. The van der Waals surface area contributed by atoms with Crippen LogP contribution in [0.4, 0.5) is 0 Å². The molecule has 0 bridgehead atoms. The Labute approximate surface area is 195 Å². The second-order valence-electron chi connectivity index (χ2n) is 8.46. The fourth-order valence-electron chi connectivity index (χ4n) is 4.10. The van der Waals surface area contributed by atoms with Crippen LogP contribution >= 0.6 is 0 Å². The van der Waals surface area contributed by atoms with E-state index in [9.17, 15) is 9.59 Å². The maximum Gasteiger partial charge on any atom is 0.260 e. The summed E-state index contributed by atoms with van der Waals surface area (Å²) in [6.45, 7) is 6.35. The number of hydrogen-bond acceptors (Lipinski definition) is 3. The van der Waals surface area contributed by atoms with Crippen LogP contribution in [0, 0.1) is 13.8 Å². The predicted molar refractivity (Wildman–Crippen MR) is 130 cm³/mol. The molecule has 5 heteroatoms. The third-order valence-corrected chi connectivity index (χ3v) is 6.28. The number of benzene rings is 3. The molecule has 4 rings (SSSR count). The van der Waals surface area contributed by atoms with Gasteiger partial charge in [0, 0.05) is 31.7 Å². The zero-order valence-electron chi connectivity index (χ0n) is 19.3. The third-order valence-electron chi connectivity index (χ3n) is 6.28. The molecule has 1 aliphatic rings. The molecular weight excluding hydrogens is 412 g/mol. The van der Waals surface area contributed by atoms with Crippen molar-refractivity contribution in [2.75, 3.05) is 32.8 Å². The third kappa shape index (κ3) is 5.43. The van der Waals surface area contributed by atoms with Gasteiger partial charge in [-0.2, -0.15) is 0 Å². The molecule has 0 spiro atoms. The summed E-state index contributed by atoms with van der Waals surface area (Å²) in [5, 5.41) is 0. The monoisotopic (exact) mass is 442 g/mol. The summed E-state index contributed by atoms with van der Waals surface area (Å²) in [5.41, 5.74) is 5.08. The van der Waals surface area contributed by atoms with E-state index in [4.69, 9.17) is 4.74 Å². The molecule has 1 aliphatic heterocycles. The average Bonchev–Trinajstić information content (AvgIpc) is 3.11. The minimum atomic E-state index is -0.0441. The minimum absolute atomic E-state index is 0.00977. The van der Waals surface area contributed by atoms with Crippen molar-refractivity contribution < 1.29 is 14.3 Å². The van der Waals surface area contributed by atoms with Crippen LogP contribution < -0.4 is 4.74 Å². The number of aryl methyl sites for hydroxylation is 1. The molecular formula is C28H30N2O3. The van der Waals surface area contributed by atoms with E-state index < -0.39 is 0 Å². The standard InChI is InChI=1S/C28H30N2O3/c1-21-8-6-11-26(22(21)2)33-20-27(31)29-16-7-17-30(19-18-29)28(32)25-14-12-24(13-15-25)23-9-4-3-5-10-23/h3-6,8-15H,7,16-20H2,1-2H3. The number of hydrogen-bond donors (Lipinski definition) is 0. The molecule has 0 radical (unpaired) electrons. The molecule has 5 nitrogen and oxygen atoms in total. The summed E-state index contributed by atoms with van der Waals surface area (Å²) in [5.74, 6) is 0.710. The maximum absolute atomic E-state index is 13.1. The van der Waals surface area contributed by atoms with E-state index in [1.54, 1.807) is 4.90 Å². The largest absolute Gasteiger partial charge is 0.483 e. The first kappa shape index (κ1) is 22.6. The van der Waals surface area contributed by atoms with Gasteiger partial charge in [-0.3, -0.25) is 9.59 Å². The van der Waals surface area contributed by atoms with Gasteiger partial charge in [0.25, 0.3) is 11.8 Å². The molecule has 1 heterocycles. The van der Waals surface area contributed by atoms with Crippen molar-refractivity contribution in [1.29, 1.82) is 0 Å². The van der Waals surface area contributed by atoms with E-state index in [0.29, 0.717) is 31.7 Å². The van der Waals surface area contributed by atoms with Gasteiger partial charge in [0.1, 0.15) is 5.75 Å². The summed E-state index contributed by atoms with van der Waals surface area (Å²) in [6.07, 6.45) is 0.753. The van der Waals surface area contributed by atoms with Crippen LogP contribution in [-0.2, 0) is 4.79 Å². The second kappa shape index (κ2) is 10.3. The molecule has 3 aromatic carbocycles. The lowest BCUT2D eigenvalue weighted by Gasteiger charge is -2.22. The Morgan fingerprint density at radius 3 is 2.18 bits per heavy atom. The molecule has 170 valence electrons. The highest BCUT2D eigenvalue weighted by Gasteiger charge is 2.23. The van der Waals surface area contributed by atoms with Gasteiger partial charge in [-0.05, 0) is 60.7 Å². The van der Waals surface area contributed by atoms with Gasteiger partial charge in [-0.15, -0.1) is 0 Å². The summed E-state index contributed by atoms with van der Waals surface area (Å²) in [6, 6.07) is 23.7. The van der Waals surface area contributed by atoms with Gasteiger partial charge in [0.2, 0.25) is 0 Å². The fourth-order valence-corrected chi connectivity index (χ4v) is 4.10. The zero-order valence-corrected chi connectivity index (χ0v) is 19.3. The van der Waals surface area contributed by atoms with Gasteiger partial charge in [0.15, 0.2) is 6.61 Å². The van der Waals surface area contributed by atoms with E-state index in [1.165, 1.54) is 0 Å². The van der Waals surface area contributed by atoms with Crippen molar-refractivity contribution in [2.24, 2.45) is 0 Å². The van der Waals surface area contributed by atoms with Crippen LogP contribution in [-0.4, -0.2) is 54.4 Å². The molecule has 0 unspecified atom stereocenters. The Hall–Kier alpha value is -3.60. The Balaban J connectivity index is 1.33. The zero-order chi connectivity index (χ0) is 23.2. The van der Waals surface area contributed by atoms with Crippen LogP contribution in [0.2, 0.25) is 0 Å². The highest BCUT2D eigenvalue weighted by Crippen LogP contribution is 2.21. The first-order valence-corrected chi connectivity index (χ1v) is 11.4. The van der Waals surface area contributed by atoms with Crippen LogP contribution in [0.3, 0.4) is 0 Å². The van der Waals surface area contributed by atoms with E-state index in [2.05, 4.69) is 12.1 Å². The molecule has 0 aliphatic carbocycles. The van der Waals surface area contributed by atoms with E-state index in [-0.39, 0.29) is 18.4 Å². The molecule has 0 atom stereocenters. The molecule has 1 fully saturated rings. The topological polar surface area (TPSA) is 49.9 Å². The molecule has 0 N–H and O–H groups in total. The SMILES string of the molecule is Cc1cccc(OCC(=O)N2CCCN(C(=O)c3ccc(-c4ccccc4)cc3)CC2)c1C. The highest BCUT2D eigenvalue weighted by atomic mass is 16.5. The van der Waals surface area contributed by atoms with E-state index in [0.717, 1.165) is 34.4 Å². The maximum atomic E-state index is 13.1. The van der Waals surface area contributed by atoms with Crippen molar-refractivity contribution >= 4 is 11.8 Å². The van der Waals surface area contributed by atoms with Crippen LogP contribution in [0.25, 0.3) is 11.1 Å². The molecule has 2 amide bonds. The number of amides is 2. The summed E-state index contributed by atoms with van der Waals surface area (Å²) in [7, 11) is 0. The van der Waals surface area contributed by atoms with Crippen molar-refractivity contribution in [3.05, 3.63) is 89.5 Å². The fraction of sp³-hybridized carbons (Fsp3) is 0.286. The van der Waals surface area contributed by atoms with Crippen LogP contribution in [0.5, 0.6) is 5.75 Å². The minimum Gasteiger partial charge on any atom is -0.483 e. The van der Waals surface area contributed by atoms with Crippen LogP contribution in [0.15, 0.2) is 72.8 Å². The van der Waals surface area contributed by atoms with Crippen molar-refractivity contribution in [3.63, 3.8) is 0 Å². The van der Waals surface area contributed by atoms with E-state index in [1.807, 2.05) is 79.4 Å². The number of nitrogens with zero attached hydrogens (tertiary/aromatic N) is 2. The summed E-state index contributed by atoms with van der Waals surface area (Å²) in [4.78, 5) is 29.4. The highest BCUT2D eigenvalue weighted by molar-refractivity contribution is 5.94. The van der Waals surface area contributed by atoms with Crippen molar-refractivity contribution in [2.45, 2.75) is 20.3 Å². The molecule has 3 aromatic rings. The average molecular weight is 443 g/mol. The summed E-state index contributed by atoms with van der Waals surface area (Å²) < 4.78 is 5.79. The number of rotatable bonds is 5. The number of carbonyl (C=O) groups excluding carboxylic acids is 2. The van der Waals surface area contributed by atoms with E-state index >= 15 is 0 Å². The second-order valence-corrected chi connectivity index (χ2v) is 8.46. The summed E-state index contributed by atoms with van der Waals surface area (Å²) >= 11 is 0. The Morgan fingerprint density at radius 2 is 1.42 bits per heavy atom.